The first-order valence-corrected chi connectivity index (χ1v) is 8.84. The Morgan fingerprint density at radius 2 is 2.08 bits per heavy atom. The van der Waals surface area contributed by atoms with Crippen LogP contribution in [0.15, 0.2) is 35.7 Å². The van der Waals surface area contributed by atoms with Crippen LogP contribution in [0.25, 0.3) is 11.3 Å². The summed E-state index contributed by atoms with van der Waals surface area (Å²) in [4.78, 5) is 15.6. The third-order valence-electron chi connectivity index (χ3n) is 4.01. The second-order valence-corrected chi connectivity index (χ2v) is 7.08. The SMILES string of the molecule is Cc1cc(-c2csc(CC(N)=O)n2)c(C)n1Cc1ccccc1Cl. The molecule has 0 saturated heterocycles. The monoisotopic (exact) mass is 359 g/mol. The van der Waals surface area contributed by atoms with Crippen LogP contribution in [0.1, 0.15) is 22.0 Å². The van der Waals surface area contributed by atoms with Gasteiger partial charge in [0.2, 0.25) is 5.91 Å². The van der Waals surface area contributed by atoms with Gasteiger partial charge >= 0.3 is 0 Å². The minimum atomic E-state index is -0.361. The number of aryl methyl sites for hydroxylation is 1. The van der Waals surface area contributed by atoms with Gasteiger partial charge in [-0.15, -0.1) is 11.3 Å². The fourth-order valence-corrected chi connectivity index (χ4v) is 3.77. The van der Waals surface area contributed by atoms with E-state index >= 15 is 0 Å². The van der Waals surface area contributed by atoms with Crippen LogP contribution in [0.5, 0.6) is 0 Å². The number of amides is 1. The van der Waals surface area contributed by atoms with Crippen LogP contribution in [-0.4, -0.2) is 15.5 Å². The zero-order valence-electron chi connectivity index (χ0n) is 13.5. The fraction of sp³-hybridized carbons (Fsp3) is 0.222. The molecule has 2 heterocycles. The zero-order chi connectivity index (χ0) is 17.3. The van der Waals surface area contributed by atoms with E-state index < -0.39 is 0 Å². The molecule has 0 aliphatic rings. The standard InChI is InChI=1S/C18H18ClN3OS/c1-11-7-14(16-10-24-18(21-16)8-17(20)23)12(2)22(11)9-13-5-3-4-6-15(13)19/h3-7,10H,8-9H2,1-2H3,(H2,20,23). The summed E-state index contributed by atoms with van der Waals surface area (Å²) in [6.45, 7) is 4.87. The number of rotatable bonds is 5. The lowest BCUT2D eigenvalue weighted by Crippen LogP contribution is -2.13. The third kappa shape index (κ3) is 3.37. The summed E-state index contributed by atoms with van der Waals surface area (Å²) < 4.78 is 2.23. The Hall–Kier alpha value is -2.11. The highest BCUT2D eigenvalue weighted by Gasteiger charge is 2.15. The average Bonchev–Trinajstić information content (AvgIpc) is 3.08. The maximum absolute atomic E-state index is 11.0. The van der Waals surface area contributed by atoms with Crippen molar-refractivity contribution in [1.82, 2.24) is 9.55 Å². The lowest BCUT2D eigenvalue weighted by Gasteiger charge is -2.11. The molecule has 6 heteroatoms. The lowest BCUT2D eigenvalue weighted by atomic mass is 10.2. The maximum Gasteiger partial charge on any atom is 0.224 e. The molecule has 0 spiro atoms. The number of carbonyl (C=O) groups excluding carboxylic acids is 1. The molecule has 1 amide bonds. The van der Waals surface area contributed by atoms with E-state index in [4.69, 9.17) is 17.3 Å². The van der Waals surface area contributed by atoms with E-state index in [1.807, 2.05) is 29.6 Å². The number of nitrogens with two attached hydrogens (primary N) is 1. The molecule has 1 aromatic carbocycles. The molecule has 2 aromatic heterocycles. The summed E-state index contributed by atoms with van der Waals surface area (Å²) >= 11 is 7.75. The number of thiazole rings is 1. The summed E-state index contributed by atoms with van der Waals surface area (Å²) in [6, 6.07) is 9.99. The predicted molar refractivity (Wildman–Crippen MR) is 98.5 cm³/mol. The number of carbonyl (C=O) groups is 1. The highest BCUT2D eigenvalue weighted by atomic mass is 35.5. The molecule has 3 rings (SSSR count). The van der Waals surface area contributed by atoms with E-state index in [2.05, 4.69) is 29.5 Å². The number of nitrogens with zero attached hydrogens (tertiary/aromatic N) is 2. The predicted octanol–water partition coefficient (Wildman–Crippen LogP) is 3.96. The molecule has 0 aliphatic heterocycles. The highest BCUT2D eigenvalue weighted by molar-refractivity contribution is 7.10. The Kier molecular flexibility index (Phi) is 4.73. The van der Waals surface area contributed by atoms with Crippen molar-refractivity contribution in [3.8, 4) is 11.3 Å². The van der Waals surface area contributed by atoms with Crippen LogP contribution in [-0.2, 0) is 17.8 Å². The molecular weight excluding hydrogens is 342 g/mol. The summed E-state index contributed by atoms with van der Waals surface area (Å²) in [7, 11) is 0. The Morgan fingerprint density at radius 1 is 1.33 bits per heavy atom. The first-order chi connectivity index (χ1) is 11.5. The number of benzene rings is 1. The molecule has 4 nitrogen and oxygen atoms in total. The van der Waals surface area contributed by atoms with Crippen LogP contribution < -0.4 is 5.73 Å². The van der Waals surface area contributed by atoms with Gasteiger partial charge in [-0.1, -0.05) is 29.8 Å². The summed E-state index contributed by atoms with van der Waals surface area (Å²) in [5.41, 5.74) is 10.6. The fourth-order valence-electron chi connectivity index (χ4n) is 2.77. The molecule has 3 aromatic rings. The van der Waals surface area contributed by atoms with Crippen molar-refractivity contribution in [2.75, 3.05) is 0 Å². The summed E-state index contributed by atoms with van der Waals surface area (Å²) in [5, 5.41) is 3.48. The summed E-state index contributed by atoms with van der Waals surface area (Å²) in [5.74, 6) is -0.361. The molecule has 124 valence electrons. The third-order valence-corrected chi connectivity index (χ3v) is 5.23. The van der Waals surface area contributed by atoms with E-state index in [9.17, 15) is 4.79 Å². The molecule has 24 heavy (non-hydrogen) atoms. The van der Waals surface area contributed by atoms with Gasteiger partial charge in [0.15, 0.2) is 0 Å². The Labute approximate surface area is 149 Å². The van der Waals surface area contributed by atoms with Crippen molar-refractivity contribution >= 4 is 28.8 Å². The first-order valence-electron chi connectivity index (χ1n) is 7.59. The molecular formula is C18H18ClN3OS. The summed E-state index contributed by atoms with van der Waals surface area (Å²) in [6.07, 6.45) is 0.184. The molecule has 0 fully saturated rings. The van der Waals surface area contributed by atoms with Gasteiger partial charge in [0, 0.05) is 33.9 Å². The Bertz CT molecular complexity index is 898. The van der Waals surface area contributed by atoms with Gasteiger partial charge in [0.1, 0.15) is 5.01 Å². The molecule has 0 saturated carbocycles. The van der Waals surface area contributed by atoms with Crippen LogP contribution in [0.2, 0.25) is 5.02 Å². The normalized spacial score (nSPS) is 11.0. The van der Waals surface area contributed by atoms with Crippen molar-refractivity contribution in [2.45, 2.75) is 26.8 Å². The van der Waals surface area contributed by atoms with Crippen LogP contribution in [0.4, 0.5) is 0 Å². The van der Waals surface area contributed by atoms with Crippen LogP contribution in [0, 0.1) is 13.8 Å². The lowest BCUT2D eigenvalue weighted by molar-refractivity contribution is -0.117. The van der Waals surface area contributed by atoms with Crippen molar-refractivity contribution in [1.29, 1.82) is 0 Å². The van der Waals surface area contributed by atoms with Gasteiger partial charge in [-0.2, -0.15) is 0 Å². The van der Waals surface area contributed by atoms with Crippen molar-refractivity contribution in [2.24, 2.45) is 5.73 Å². The minimum Gasteiger partial charge on any atom is -0.369 e. The van der Waals surface area contributed by atoms with Crippen molar-refractivity contribution < 1.29 is 4.79 Å². The average molecular weight is 360 g/mol. The van der Waals surface area contributed by atoms with Gasteiger partial charge in [0.25, 0.3) is 0 Å². The quantitative estimate of drug-likeness (QED) is 0.749. The van der Waals surface area contributed by atoms with E-state index in [1.165, 1.54) is 11.3 Å². The van der Waals surface area contributed by atoms with Crippen molar-refractivity contribution in [3.05, 3.63) is 62.7 Å². The molecule has 0 unspecified atom stereocenters. The second-order valence-electron chi connectivity index (χ2n) is 5.73. The van der Waals surface area contributed by atoms with Gasteiger partial charge in [0.05, 0.1) is 12.1 Å². The van der Waals surface area contributed by atoms with Gasteiger partial charge < -0.3 is 10.3 Å². The topological polar surface area (TPSA) is 60.9 Å². The molecule has 2 N–H and O–H groups in total. The van der Waals surface area contributed by atoms with Crippen LogP contribution >= 0.6 is 22.9 Å². The molecule has 0 bridgehead atoms. The highest BCUT2D eigenvalue weighted by Crippen LogP contribution is 2.29. The van der Waals surface area contributed by atoms with Crippen LogP contribution in [0.3, 0.4) is 0 Å². The minimum absolute atomic E-state index is 0.184. The van der Waals surface area contributed by atoms with E-state index in [1.54, 1.807) is 0 Å². The number of aromatic nitrogens is 2. The second kappa shape index (κ2) is 6.79. The first kappa shape index (κ1) is 16.7. The largest absolute Gasteiger partial charge is 0.369 e. The number of halogens is 1. The molecule has 0 radical (unpaired) electrons. The maximum atomic E-state index is 11.0. The number of primary amides is 1. The number of hydrogen-bond donors (Lipinski definition) is 1. The Balaban J connectivity index is 1.93. The van der Waals surface area contributed by atoms with E-state index in [0.717, 1.165) is 44.8 Å². The van der Waals surface area contributed by atoms with Gasteiger partial charge in [-0.3, -0.25) is 4.79 Å². The smallest absolute Gasteiger partial charge is 0.224 e. The van der Waals surface area contributed by atoms with E-state index in [-0.39, 0.29) is 12.3 Å². The van der Waals surface area contributed by atoms with Gasteiger partial charge in [-0.05, 0) is 31.5 Å². The van der Waals surface area contributed by atoms with E-state index in [0.29, 0.717) is 0 Å². The zero-order valence-corrected chi connectivity index (χ0v) is 15.1. The Morgan fingerprint density at radius 3 is 2.79 bits per heavy atom. The van der Waals surface area contributed by atoms with Gasteiger partial charge in [-0.25, -0.2) is 4.98 Å². The number of hydrogen-bond acceptors (Lipinski definition) is 3. The van der Waals surface area contributed by atoms with Crippen molar-refractivity contribution in [3.63, 3.8) is 0 Å². The molecule has 0 aliphatic carbocycles. The molecule has 0 atom stereocenters.